The van der Waals surface area contributed by atoms with E-state index in [0.717, 1.165) is 29.5 Å². The Kier molecular flexibility index (Phi) is 3.55. The summed E-state index contributed by atoms with van der Waals surface area (Å²) in [5.74, 6) is -1.29. The third-order valence-corrected chi connectivity index (χ3v) is 6.19. The Morgan fingerprint density at radius 3 is 2.85 bits per heavy atom. The van der Waals surface area contributed by atoms with Gasteiger partial charge in [-0.25, -0.2) is 9.18 Å². The predicted molar refractivity (Wildman–Crippen MR) is 102 cm³/mol. The van der Waals surface area contributed by atoms with E-state index >= 15 is 0 Å². The molecule has 0 spiro atoms. The number of aromatic nitrogens is 1. The lowest BCUT2D eigenvalue weighted by molar-refractivity contribution is 0.0695. The number of pyridine rings is 1. The second-order valence-electron chi connectivity index (χ2n) is 6.90. The average molecular weight is 382 g/mol. The molecule has 1 aliphatic carbocycles. The molecule has 5 nitrogen and oxygen atoms in total. The Morgan fingerprint density at radius 1 is 1.33 bits per heavy atom. The number of hydrogen-bond acceptors (Lipinski definition) is 4. The summed E-state index contributed by atoms with van der Waals surface area (Å²) in [6.07, 6.45) is 3.62. The van der Waals surface area contributed by atoms with Gasteiger partial charge in [-0.1, -0.05) is 23.9 Å². The molecule has 0 amide bonds. The van der Waals surface area contributed by atoms with Crippen LogP contribution in [0.2, 0.25) is 0 Å². The third-order valence-electron chi connectivity index (χ3n) is 5.03. The lowest BCUT2D eigenvalue weighted by Crippen LogP contribution is -2.21. The first-order chi connectivity index (χ1) is 13.0. The molecule has 0 radical (unpaired) electrons. The number of fused-ring (bicyclic) bond motifs is 2. The zero-order chi connectivity index (χ0) is 18.7. The van der Waals surface area contributed by atoms with Crippen molar-refractivity contribution in [3.8, 4) is 5.69 Å². The molecule has 2 heterocycles. The van der Waals surface area contributed by atoms with E-state index in [1.807, 2.05) is 24.3 Å². The number of nitrogens with zero attached hydrogens (tertiary/aromatic N) is 1. The summed E-state index contributed by atoms with van der Waals surface area (Å²) in [5.41, 5.74) is 0.677. The van der Waals surface area contributed by atoms with Crippen LogP contribution in [0.5, 0.6) is 0 Å². The minimum atomic E-state index is -1.32. The van der Waals surface area contributed by atoms with Crippen LogP contribution >= 0.6 is 11.8 Å². The fraction of sp³-hybridized carbons (Fsp3) is 0.200. The molecule has 2 aromatic carbocycles. The summed E-state index contributed by atoms with van der Waals surface area (Å²) in [4.78, 5) is 25.7. The third kappa shape index (κ3) is 2.53. The highest BCUT2D eigenvalue weighted by molar-refractivity contribution is 8.00. The number of carboxylic acids is 1. The molecule has 136 valence electrons. The van der Waals surface area contributed by atoms with Crippen molar-refractivity contribution in [2.24, 2.45) is 5.92 Å². The van der Waals surface area contributed by atoms with Crippen molar-refractivity contribution in [2.45, 2.75) is 22.6 Å². The predicted octanol–water partition coefficient (Wildman–Crippen LogP) is 4.11. The van der Waals surface area contributed by atoms with Crippen LogP contribution in [-0.2, 0) is 0 Å². The highest BCUT2D eigenvalue weighted by atomic mass is 32.2. The molecule has 2 N–H and O–H groups in total. The van der Waals surface area contributed by atoms with Crippen molar-refractivity contribution < 1.29 is 14.3 Å². The first kappa shape index (κ1) is 16.4. The maximum atomic E-state index is 14.9. The summed E-state index contributed by atoms with van der Waals surface area (Å²) >= 11 is 1.40. The van der Waals surface area contributed by atoms with Crippen molar-refractivity contribution in [3.63, 3.8) is 0 Å². The minimum Gasteiger partial charge on any atom is -0.477 e. The lowest BCUT2D eigenvalue weighted by Gasteiger charge is -2.25. The topological polar surface area (TPSA) is 71.3 Å². The quantitative estimate of drug-likeness (QED) is 0.556. The monoisotopic (exact) mass is 382 g/mol. The van der Waals surface area contributed by atoms with E-state index < -0.39 is 17.2 Å². The number of hydrogen-bond donors (Lipinski definition) is 2. The summed E-state index contributed by atoms with van der Waals surface area (Å²) < 4.78 is 16.6. The molecule has 1 saturated carbocycles. The van der Waals surface area contributed by atoms with E-state index in [0.29, 0.717) is 28.6 Å². The molecule has 0 saturated heterocycles. The van der Waals surface area contributed by atoms with Crippen molar-refractivity contribution >= 4 is 34.3 Å². The highest BCUT2D eigenvalue weighted by Crippen LogP contribution is 2.46. The van der Waals surface area contributed by atoms with E-state index in [-0.39, 0.29) is 10.9 Å². The van der Waals surface area contributed by atoms with Gasteiger partial charge in [-0.15, -0.1) is 0 Å². The molecule has 1 aliphatic heterocycles. The van der Waals surface area contributed by atoms with Crippen LogP contribution < -0.4 is 10.7 Å². The Bertz CT molecular complexity index is 1180. The molecule has 0 unspecified atom stereocenters. The van der Waals surface area contributed by atoms with Crippen LogP contribution in [0.15, 0.2) is 51.1 Å². The maximum Gasteiger partial charge on any atom is 0.341 e. The second-order valence-corrected chi connectivity index (χ2v) is 7.95. The number of carbonyl (C=O) groups is 1. The summed E-state index contributed by atoms with van der Waals surface area (Å²) in [6.45, 7) is 0.690. The fourth-order valence-electron chi connectivity index (χ4n) is 3.45. The van der Waals surface area contributed by atoms with Gasteiger partial charge >= 0.3 is 5.97 Å². The molecular weight excluding hydrogens is 367 g/mol. The first-order valence-corrected chi connectivity index (χ1v) is 9.52. The van der Waals surface area contributed by atoms with Gasteiger partial charge in [0.2, 0.25) is 5.43 Å². The zero-order valence-electron chi connectivity index (χ0n) is 14.2. The Balaban J connectivity index is 1.86. The van der Waals surface area contributed by atoms with Gasteiger partial charge in [0, 0.05) is 17.6 Å². The second kappa shape index (κ2) is 5.85. The molecule has 7 heteroatoms. The Labute approximate surface area is 157 Å². The van der Waals surface area contributed by atoms with Crippen molar-refractivity contribution in [1.29, 1.82) is 0 Å². The fourth-order valence-corrected chi connectivity index (χ4v) is 4.67. The molecule has 27 heavy (non-hydrogen) atoms. The van der Waals surface area contributed by atoms with Crippen molar-refractivity contribution in [3.05, 3.63) is 58.1 Å². The van der Waals surface area contributed by atoms with Gasteiger partial charge in [0.05, 0.1) is 27.2 Å². The van der Waals surface area contributed by atoms with Crippen LogP contribution in [0, 0.1) is 11.7 Å². The Morgan fingerprint density at radius 2 is 2.11 bits per heavy atom. The largest absolute Gasteiger partial charge is 0.477 e. The van der Waals surface area contributed by atoms with Gasteiger partial charge in [-0.2, -0.15) is 0 Å². The van der Waals surface area contributed by atoms with Crippen molar-refractivity contribution in [1.82, 2.24) is 4.57 Å². The van der Waals surface area contributed by atoms with E-state index in [1.165, 1.54) is 18.0 Å². The molecule has 3 aromatic rings. The molecular formula is C20H15FN2O3S. The number of benzene rings is 2. The number of para-hydroxylation sites is 1. The first-order valence-electron chi connectivity index (χ1n) is 8.71. The molecule has 2 aliphatic rings. The summed E-state index contributed by atoms with van der Waals surface area (Å²) in [7, 11) is 0. The maximum absolute atomic E-state index is 14.9. The van der Waals surface area contributed by atoms with Gasteiger partial charge in [0.15, 0.2) is 0 Å². The molecule has 0 bridgehead atoms. The average Bonchev–Trinajstić information content (AvgIpc) is 3.47. The van der Waals surface area contributed by atoms with E-state index in [4.69, 9.17) is 0 Å². The zero-order valence-corrected chi connectivity index (χ0v) is 15.0. The summed E-state index contributed by atoms with van der Waals surface area (Å²) in [5, 5.41) is 12.7. The molecule has 1 aromatic heterocycles. The summed E-state index contributed by atoms with van der Waals surface area (Å²) in [6, 6.07) is 8.66. The van der Waals surface area contributed by atoms with Gasteiger partial charge in [-0.05, 0) is 37.0 Å². The molecule has 5 rings (SSSR count). The van der Waals surface area contributed by atoms with Crippen LogP contribution in [0.3, 0.4) is 0 Å². The number of aromatic carboxylic acids is 1. The van der Waals surface area contributed by atoms with E-state index in [2.05, 4.69) is 5.32 Å². The van der Waals surface area contributed by atoms with Gasteiger partial charge in [-0.3, -0.25) is 4.79 Å². The molecule has 1 fully saturated rings. The van der Waals surface area contributed by atoms with Gasteiger partial charge < -0.3 is 15.0 Å². The van der Waals surface area contributed by atoms with Crippen LogP contribution in [0.1, 0.15) is 23.2 Å². The van der Waals surface area contributed by atoms with Crippen LogP contribution in [0.25, 0.3) is 16.6 Å². The van der Waals surface area contributed by atoms with Gasteiger partial charge in [0.1, 0.15) is 11.4 Å². The number of halogens is 1. The number of anilines is 1. The minimum absolute atomic E-state index is 0.0846. The van der Waals surface area contributed by atoms with E-state index in [9.17, 15) is 19.1 Å². The smallest absolute Gasteiger partial charge is 0.341 e. The van der Waals surface area contributed by atoms with E-state index in [1.54, 1.807) is 4.57 Å². The number of carboxylic acid groups (broad SMARTS) is 1. The van der Waals surface area contributed by atoms with Gasteiger partial charge in [0.25, 0.3) is 0 Å². The Hall–Kier alpha value is -2.80. The van der Waals surface area contributed by atoms with Crippen LogP contribution in [0.4, 0.5) is 10.1 Å². The normalized spacial score (nSPS) is 14.9. The SMILES string of the molecule is O=C(O)c1cn2c3c(c(NCC4CC4)c(F)cc3c1=O)Sc1ccccc1-2. The van der Waals surface area contributed by atoms with Crippen LogP contribution in [-0.4, -0.2) is 22.2 Å². The number of nitrogens with one attached hydrogen (secondary N) is 1. The lowest BCUT2D eigenvalue weighted by atomic mass is 10.1. The highest BCUT2D eigenvalue weighted by Gasteiger charge is 2.28. The molecule has 0 atom stereocenters. The van der Waals surface area contributed by atoms with Crippen molar-refractivity contribution in [2.75, 3.05) is 11.9 Å². The standard InChI is InChI=1S/C20H15FN2O3S/c21-13-7-11-17-19(16(13)22-8-10-5-6-10)27-15-4-2-1-3-14(15)23(17)9-12(18(11)24)20(25)26/h1-4,7,9-10,22H,5-6,8H2,(H,25,26). The number of rotatable bonds is 4.